The van der Waals surface area contributed by atoms with Gasteiger partial charge in [0, 0.05) is 6.08 Å². The number of carbonyl (C=O) groups excluding carboxylic acids is 1. The lowest BCUT2D eigenvalue weighted by Crippen LogP contribution is -2.44. The normalized spacial score (nSPS) is 33.0. The molecule has 1 aromatic carbocycles. The van der Waals surface area contributed by atoms with Crippen molar-refractivity contribution in [2.75, 3.05) is 13.2 Å². The fourth-order valence-corrected chi connectivity index (χ4v) is 5.92. The van der Waals surface area contributed by atoms with Gasteiger partial charge in [-0.05, 0) is 73.8 Å². The molecule has 2 bridgehead atoms. The summed E-state index contributed by atoms with van der Waals surface area (Å²) in [5, 5.41) is 0. The number of esters is 1. The quantitative estimate of drug-likeness (QED) is 0.274. The SMILES string of the molecule is C/C=C/C(=O)O[C@H]1CO[C@H](c2ccc(C34CCC(CCCCC)(CC3)CC4)cc2)CO1. The zero-order valence-electron chi connectivity index (χ0n) is 19.2. The van der Waals surface area contributed by atoms with Crippen LogP contribution in [-0.4, -0.2) is 25.5 Å². The second-order valence-electron chi connectivity index (χ2n) is 9.88. The van der Waals surface area contributed by atoms with Gasteiger partial charge in [-0.2, -0.15) is 0 Å². The van der Waals surface area contributed by atoms with Crippen LogP contribution in [0.3, 0.4) is 0 Å². The summed E-state index contributed by atoms with van der Waals surface area (Å²) in [5.41, 5.74) is 3.69. The van der Waals surface area contributed by atoms with E-state index >= 15 is 0 Å². The molecule has 4 fully saturated rings. The third-order valence-corrected chi connectivity index (χ3v) is 8.02. The summed E-state index contributed by atoms with van der Waals surface area (Å²) in [6.07, 6.45) is 16.2. The van der Waals surface area contributed by atoms with Crippen molar-refractivity contribution in [3.63, 3.8) is 0 Å². The lowest BCUT2D eigenvalue weighted by molar-refractivity contribution is -0.230. The van der Waals surface area contributed by atoms with Crippen molar-refractivity contribution in [1.82, 2.24) is 0 Å². The Morgan fingerprint density at radius 3 is 2.32 bits per heavy atom. The topological polar surface area (TPSA) is 44.8 Å². The second-order valence-corrected chi connectivity index (χ2v) is 9.88. The predicted octanol–water partition coefficient (Wildman–Crippen LogP) is 6.39. The summed E-state index contributed by atoms with van der Waals surface area (Å²) in [4.78, 5) is 11.6. The number of hydrogen-bond acceptors (Lipinski definition) is 4. The first kappa shape index (κ1) is 22.5. The molecule has 5 rings (SSSR count). The van der Waals surface area contributed by atoms with Crippen LogP contribution < -0.4 is 0 Å². The van der Waals surface area contributed by atoms with Crippen LogP contribution in [0.5, 0.6) is 0 Å². The van der Waals surface area contributed by atoms with Gasteiger partial charge >= 0.3 is 5.97 Å². The van der Waals surface area contributed by atoms with E-state index in [-0.39, 0.29) is 12.7 Å². The van der Waals surface area contributed by atoms with Gasteiger partial charge in [0.05, 0.1) is 6.61 Å². The van der Waals surface area contributed by atoms with Crippen LogP contribution >= 0.6 is 0 Å². The Morgan fingerprint density at radius 2 is 1.74 bits per heavy atom. The van der Waals surface area contributed by atoms with Gasteiger partial charge in [0.1, 0.15) is 12.7 Å². The number of carbonyl (C=O) groups is 1. The monoisotopic (exact) mass is 426 g/mol. The number of allylic oxidation sites excluding steroid dienone is 1. The van der Waals surface area contributed by atoms with Crippen LogP contribution in [0.1, 0.15) is 95.3 Å². The number of unbranched alkanes of at least 4 members (excludes halogenated alkanes) is 2. The number of rotatable bonds is 8. The highest BCUT2D eigenvalue weighted by atomic mass is 16.7. The van der Waals surface area contributed by atoms with Gasteiger partial charge in [0.25, 0.3) is 0 Å². The van der Waals surface area contributed by atoms with Crippen molar-refractivity contribution in [3.05, 3.63) is 47.5 Å². The Labute approximate surface area is 187 Å². The molecule has 1 aliphatic heterocycles. The minimum atomic E-state index is -0.625. The first-order valence-corrected chi connectivity index (χ1v) is 12.3. The van der Waals surface area contributed by atoms with Crippen molar-refractivity contribution in [1.29, 1.82) is 0 Å². The highest BCUT2D eigenvalue weighted by molar-refractivity contribution is 5.81. The largest absolute Gasteiger partial charge is 0.430 e. The molecule has 0 aromatic heterocycles. The fourth-order valence-electron chi connectivity index (χ4n) is 5.92. The maximum atomic E-state index is 11.6. The number of ether oxygens (including phenoxy) is 3. The highest BCUT2D eigenvalue weighted by Crippen LogP contribution is 2.59. The van der Waals surface area contributed by atoms with Crippen molar-refractivity contribution < 1.29 is 19.0 Å². The molecule has 4 heteroatoms. The van der Waals surface area contributed by atoms with Gasteiger partial charge in [0.15, 0.2) is 0 Å². The number of hydrogen-bond donors (Lipinski definition) is 0. The molecule has 1 heterocycles. The van der Waals surface area contributed by atoms with Crippen molar-refractivity contribution in [2.45, 2.75) is 95.9 Å². The van der Waals surface area contributed by atoms with Crippen molar-refractivity contribution >= 4 is 5.97 Å². The van der Waals surface area contributed by atoms with Gasteiger partial charge in [-0.25, -0.2) is 4.79 Å². The smallest absolute Gasteiger partial charge is 0.332 e. The summed E-state index contributed by atoms with van der Waals surface area (Å²) in [5.74, 6) is -0.396. The molecule has 0 unspecified atom stereocenters. The van der Waals surface area contributed by atoms with Crippen LogP contribution in [-0.2, 0) is 24.4 Å². The lowest BCUT2D eigenvalue weighted by atomic mass is 9.51. The van der Waals surface area contributed by atoms with Crippen LogP contribution in [0.15, 0.2) is 36.4 Å². The zero-order valence-corrected chi connectivity index (χ0v) is 19.2. The average Bonchev–Trinajstić information content (AvgIpc) is 2.81. The number of benzene rings is 1. The minimum Gasteiger partial charge on any atom is -0.430 e. The molecule has 3 saturated carbocycles. The predicted molar refractivity (Wildman–Crippen MR) is 122 cm³/mol. The molecule has 170 valence electrons. The molecule has 1 saturated heterocycles. The fraction of sp³-hybridized carbons (Fsp3) is 0.667. The summed E-state index contributed by atoms with van der Waals surface area (Å²) in [6, 6.07) is 9.07. The van der Waals surface area contributed by atoms with Gasteiger partial charge in [-0.15, -0.1) is 0 Å². The van der Waals surface area contributed by atoms with E-state index in [0.717, 1.165) is 5.56 Å². The van der Waals surface area contributed by atoms with E-state index in [9.17, 15) is 4.79 Å². The Morgan fingerprint density at radius 1 is 1.03 bits per heavy atom. The van der Waals surface area contributed by atoms with E-state index in [2.05, 4.69) is 31.2 Å². The van der Waals surface area contributed by atoms with Gasteiger partial charge in [-0.3, -0.25) is 0 Å². The Balaban J connectivity index is 1.31. The average molecular weight is 427 g/mol. The Hall–Kier alpha value is -1.65. The highest BCUT2D eigenvalue weighted by Gasteiger charge is 2.48. The molecule has 2 atom stereocenters. The van der Waals surface area contributed by atoms with Gasteiger partial charge in [-0.1, -0.05) is 56.5 Å². The van der Waals surface area contributed by atoms with E-state index in [1.54, 1.807) is 13.0 Å². The van der Waals surface area contributed by atoms with E-state index < -0.39 is 12.3 Å². The molecular formula is C27H38O4. The molecule has 0 spiro atoms. The van der Waals surface area contributed by atoms with Gasteiger partial charge in [0.2, 0.25) is 6.29 Å². The number of fused-ring (bicyclic) bond motifs is 3. The molecule has 4 aliphatic rings. The lowest BCUT2D eigenvalue weighted by Gasteiger charge is -2.54. The van der Waals surface area contributed by atoms with Crippen LogP contribution in [0.4, 0.5) is 0 Å². The Kier molecular flexibility index (Phi) is 7.18. The third-order valence-electron chi connectivity index (χ3n) is 8.02. The van der Waals surface area contributed by atoms with Gasteiger partial charge < -0.3 is 14.2 Å². The molecular weight excluding hydrogens is 388 g/mol. The molecule has 3 aliphatic carbocycles. The first-order chi connectivity index (χ1) is 15.1. The Bertz CT molecular complexity index is 733. The van der Waals surface area contributed by atoms with E-state index in [1.165, 1.54) is 75.8 Å². The summed E-state index contributed by atoms with van der Waals surface area (Å²) in [7, 11) is 0. The minimum absolute atomic E-state index is 0.104. The molecule has 31 heavy (non-hydrogen) atoms. The molecule has 0 radical (unpaired) electrons. The molecule has 1 aromatic rings. The second kappa shape index (κ2) is 9.87. The molecule has 4 nitrogen and oxygen atoms in total. The first-order valence-electron chi connectivity index (χ1n) is 12.3. The summed E-state index contributed by atoms with van der Waals surface area (Å²) < 4.78 is 16.9. The maximum Gasteiger partial charge on any atom is 0.332 e. The standard InChI is InChI=1S/C27H38O4/c1-3-5-6-12-26-13-16-27(17-14-26,18-15-26)22-10-8-21(9-11-22)23-19-30-25(20-29-23)31-24(28)7-4-2/h4,7-11,23,25H,3,5-6,12-20H2,1-2H3/b7-4+/t23-,25-,26?,27?/m0/s1. The van der Waals surface area contributed by atoms with Crippen LogP contribution in [0.2, 0.25) is 0 Å². The summed E-state index contributed by atoms with van der Waals surface area (Å²) >= 11 is 0. The third kappa shape index (κ3) is 5.06. The van der Waals surface area contributed by atoms with E-state index in [1.807, 2.05) is 0 Å². The van der Waals surface area contributed by atoms with Crippen molar-refractivity contribution in [3.8, 4) is 0 Å². The molecule has 0 N–H and O–H groups in total. The van der Waals surface area contributed by atoms with Crippen LogP contribution in [0, 0.1) is 5.41 Å². The van der Waals surface area contributed by atoms with Crippen molar-refractivity contribution in [2.24, 2.45) is 5.41 Å². The maximum absolute atomic E-state index is 11.6. The molecule has 0 amide bonds. The zero-order chi connectivity index (χ0) is 21.7. The van der Waals surface area contributed by atoms with E-state index in [4.69, 9.17) is 14.2 Å². The summed E-state index contributed by atoms with van der Waals surface area (Å²) in [6.45, 7) is 4.75. The van der Waals surface area contributed by atoms with Crippen LogP contribution in [0.25, 0.3) is 0 Å². The van der Waals surface area contributed by atoms with E-state index in [0.29, 0.717) is 17.4 Å².